The van der Waals surface area contributed by atoms with Crippen molar-refractivity contribution in [3.05, 3.63) is 23.7 Å². The molecule has 2 N–H and O–H groups in total. The van der Waals surface area contributed by atoms with Gasteiger partial charge in [-0.15, -0.1) is 0 Å². The summed E-state index contributed by atoms with van der Waals surface area (Å²) in [5.74, 6) is 1.79. The van der Waals surface area contributed by atoms with E-state index >= 15 is 0 Å². The van der Waals surface area contributed by atoms with Gasteiger partial charge in [-0.3, -0.25) is 0 Å². The van der Waals surface area contributed by atoms with E-state index in [2.05, 4.69) is 6.07 Å². The molecule has 0 saturated carbocycles. The molecule has 0 saturated heterocycles. The van der Waals surface area contributed by atoms with E-state index < -0.39 is 0 Å². The lowest BCUT2D eigenvalue weighted by Crippen LogP contribution is -2.04. The predicted octanol–water partition coefficient (Wildman–Crippen LogP) is 1.66. The van der Waals surface area contributed by atoms with Crippen LogP contribution in [0.4, 0.5) is 0 Å². The first-order valence-electron chi connectivity index (χ1n) is 4.18. The van der Waals surface area contributed by atoms with Gasteiger partial charge in [0.2, 0.25) is 0 Å². The van der Waals surface area contributed by atoms with E-state index in [0.717, 1.165) is 13.0 Å². The predicted molar refractivity (Wildman–Crippen MR) is 43.4 cm³/mol. The Morgan fingerprint density at radius 2 is 2.55 bits per heavy atom. The summed E-state index contributed by atoms with van der Waals surface area (Å²) in [6, 6.07) is 2.08. The topological polar surface area (TPSA) is 39.2 Å². The molecule has 60 valence electrons. The zero-order valence-corrected chi connectivity index (χ0v) is 6.55. The van der Waals surface area contributed by atoms with E-state index in [1.54, 1.807) is 6.26 Å². The molecule has 0 fully saturated rings. The molecule has 0 aromatic carbocycles. The number of nitrogens with two attached hydrogens (primary N) is 1. The van der Waals surface area contributed by atoms with E-state index in [9.17, 15) is 0 Å². The van der Waals surface area contributed by atoms with Crippen molar-refractivity contribution in [1.29, 1.82) is 0 Å². The number of hydrogen-bond donors (Lipinski definition) is 1. The Kier molecular flexibility index (Phi) is 1.70. The largest absolute Gasteiger partial charge is 0.469 e. The maximum atomic E-state index is 5.49. The monoisotopic (exact) mass is 151 g/mol. The summed E-state index contributed by atoms with van der Waals surface area (Å²) in [6.07, 6.45) is 5.26. The van der Waals surface area contributed by atoms with Gasteiger partial charge in [0.25, 0.3) is 0 Å². The van der Waals surface area contributed by atoms with E-state index in [1.807, 2.05) is 0 Å². The molecule has 1 heterocycles. The first-order chi connectivity index (χ1) is 5.42. The standard InChI is InChI=1S/C9H13NO/c10-5-3-7-1-2-8-4-6-11-9(7)8/h4,6-7H,1-3,5,10H2. The highest BCUT2D eigenvalue weighted by molar-refractivity contribution is 5.26. The molecule has 1 aliphatic carbocycles. The van der Waals surface area contributed by atoms with Crippen LogP contribution >= 0.6 is 0 Å². The van der Waals surface area contributed by atoms with Crippen molar-refractivity contribution < 1.29 is 4.42 Å². The molecular weight excluding hydrogens is 138 g/mol. The molecule has 1 aliphatic rings. The van der Waals surface area contributed by atoms with Crippen LogP contribution in [0, 0.1) is 0 Å². The minimum absolute atomic E-state index is 0.602. The van der Waals surface area contributed by atoms with Crippen LogP contribution < -0.4 is 5.73 Å². The molecule has 0 aliphatic heterocycles. The highest BCUT2D eigenvalue weighted by atomic mass is 16.3. The van der Waals surface area contributed by atoms with Crippen LogP contribution in [0.15, 0.2) is 16.7 Å². The summed E-state index contributed by atoms with van der Waals surface area (Å²) in [6.45, 7) is 0.769. The third-order valence-electron chi connectivity index (χ3n) is 2.43. The number of hydrogen-bond acceptors (Lipinski definition) is 2. The van der Waals surface area contributed by atoms with E-state index in [4.69, 9.17) is 10.2 Å². The quantitative estimate of drug-likeness (QED) is 0.698. The van der Waals surface area contributed by atoms with E-state index in [1.165, 1.54) is 24.2 Å². The zero-order valence-electron chi connectivity index (χ0n) is 6.55. The first kappa shape index (κ1) is 6.92. The zero-order chi connectivity index (χ0) is 7.68. The van der Waals surface area contributed by atoms with Crippen LogP contribution in [0.3, 0.4) is 0 Å². The molecule has 1 aromatic heterocycles. The molecule has 0 radical (unpaired) electrons. The molecule has 11 heavy (non-hydrogen) atoms. The van der Waals surface area contributed by atoms with Crippen LogP contribution in [0.1, 0.15) is 30.1 Å². The van der Waals surface area contributed by atoms with Gasteiger partial charge in [0, 0.05) is 5.92 Å². The van der Waals surface area contributed by atoms with Gasteiger partial charge in [0.1, 0.15) is 5.76 Å². The van der Waals surface area contributed by atoms with Gasteiger partial charge < -0.3 is 10.2 Å². The summed E-state index contributed by atoms with van der Waals surface area (Å²) in [5.41, 5.74) is 6.88. The number of aryl methyl sites for hydroxylation is 1. The lowest BCUT2D eigenvalue weighted by Gasteiger charge is -2.04. The van der Waals surface area contributed by atoms with Crippen molar-refractivity contribution >= 4 is 0 Å². The molecule has 1 aromatic rings. The van der Waals surface area contributed by atoms with Gasteiger partial charge in [-0.25, -0.2) is 0 Å². The average molecular weight is 151 g/mol. The molecule has 2 nitrogen and oxygen atoms in total. The number of rotatable bonds is 2. The minimum Gasteiger partial charge on any atom is -0.469 e. The van der Waals surface area contributed by atoms with Crippen molar-refractivity contribution in [3.8, 4) is 0 Å². The molecule has 2 rings (SSSR count). The van der Waals surface area contributed by atoms with Crippen LogP contribution in [-0.4, -0.2) is 6.54 Å². The second kappa shape index (κ2) is 2.70. The lowest BCUT2D eigenvalue weighted by atomic mass is 10.0. The highest BCUT2D eigenvalue weighted by Gasteiger charge is 2.24. The lowest BCUT2D eigenvalue weighted by molar-refractivity contribution is 0.456. The van der Waals surface area contributed by atoms with Crippen molar-refractivity contribution in [2.24, 2.45) is 5.73 Å². The third kappa shape index (κ3) is 1.07. The SMILES string of the molecule is NCCC1CCc2ccoc21. The van der Waals surface area contributed by atoms with Crippen LogP contribution in [0.5, 0.6) is 0 Å². The van der Waals surface area contributed by atoms with Crippen molar-refractivity contribution in [2.45, 2.75) is 25.2 Å². The summed E-state index contributed by atoms with van der Waals surface area (Å²) < 4.78 is 5.39. The fraction of sp³-hybridized carbons (Fsp3) is 0.556. The number of furan rings is 1. The highest BCUT2D eigenvalue weighted by Crippen LogP contribution is 2.35. The molecule has 2 heteroatoms. The molecule has 1 atom stereocenters. The Hall–Kier alpha value is -0.760. The van der Waals surface area contributed by atoms with Gasteiger partial charge in [-0.05, 0) is 37.4 Å². The molecule has 1 unspecified atom stereocenters. The number of fused-ring (bicyclic) bond motifs is 1. The summed E-state index contributed by atoms with van der Waals surface area (Å²) >= 11 is 0. The smallest absolute Gasteiger partial charge is 0.110 e. The Labute approximate surface area is 66.4 Å². The van der Waals surface area contributed by atoms with Gasteiger partial charge >= 0.3 is 0 Å². The minimum atomic E-state index is 0.602. The summed E-state index contributed by atoms with van der Waals surface area (Å²) in [4.78, 5) is 0. The maximum absolute atomic E-state index is 5.49. The fourth-order valence-electron chi connectivity index (χ4n) is 1.85. The second-order valence-corrected chi connectivity index (χ2v) is 3.12. The van der Waals surface area contributed by atoms with E-state index in [-0.39, 0.29) is 0 Å². The van der Waals surface area contributed by atoms with Crippen LogP contribution in [0.2, 0.25) is 0 Å². The third-order valence-corrected chi connectivity index (χ3v) is 2.43. The van der Waals surface area contributed by atoms with Gasteiger partial charge in [-0.1, -0.05) is 0 Å². The van der Waals surface area contributed by atoms with E-state index in [0.29, 0.717) is 5.92 Å². The average Bonchev–Trinajstić information content (AvgIpc) is 2.53. The maximum Gasteiger partial charge on any atom is 0.110 e. The van der Waals surface area contributed by atoms with Gasteiger partial charge in [0.15, 0.2) is 0 Å². The van der Waals surface area contributed by atoms with Gasteiger partial charge in [0.05, 0.1) is 6.26 Å². The van der Waals surface area contributed by atoms with Crippen LogP contribution in [-0.2, 0) is 6.42 Å². The Morgan fingerprint density at radius 3 is 3.36 bits per heavy atom. The van der Waals surface area contributed by atoms with Crippen molar-refractivity contribution in [3.63, 3.8) is 0 Å². The Bertz CT molecular complexity index is 241. The van der Waals surface area contributed by atoms with Gasteiger partial charge in [-0.2, -0.15) is 0 Å². The van der Waals surface area contributed by atoms with Crippen LogP contribution in [0.25, 0.3) is 0 Å². The van der Waals surface area contributed by atoms with Crippen molar-refractivity contribution in [2.75, 3.05) is 6.54 Å². The summed E-state index contributed by atoms with van der Waals surface area (Å²) in [7, 11) is 0. The normalized spacial score (nSPS) is 22.1. The van der Waals surface area contributed by atoms with Crippen molar-refractivity contribution in [1.82, 2.24) is 0 Å². The first-order valence-corrected chi connectivity index (χ1v) is 4.18. The Balaban J connectivity index is 2.18. The second-order valence-electron chi connectivity index (χ2n) is 3.12. The molecular formula is C9H13NO. The Morgan fingerprint density at radius 1 is 1.64 bits per heavy atom. The molecule has 0 amide bonds. The summed E-state index contributed by atoms with van der Waals surface area (Å²) in [5, 5.41) is 0. The fourth-order valence-corrected chi connectivity index (χ4v) is 1.85. The molecule has 0 bridgehead atoms. The molecule has 0 spiro atoms.